The average molecular weight is 212 g/mol. The normalized spacial score (nSPS) is 10.8. The lowest BCUT2D eigenvalue weighted by Crippen LogP contribution is -2.34. The SMILES string of the molecule is COC(C)(C)CC(=O)NCCCCC#N. The molecule has 0 saturated carbocycles. The summed E-state index contributed by atoms with van der Waals surface area (Å²) in [6.45, 7) is 4.39. The van der Waals surface area contributed by atoms with E-state index in [0.717, 1.165) is 12.8 Å². The minimum absolute atomic E-state index is 0.00110. The van der Waals surface area contributed by atoms with Crippen LogP contribution in [0.1, 0.15) is 39.5 Å². The number of unbranched alkanes of at least 4 members (excludes halogenated alkanes) is 2. The van der Waals surface area contributed by atoms with E-state index >= 15 is 0 Å². The van der Waals surface area contributed by atoms with Gasteiger partial charge in [-0.05, 0) is 26.7 Å². The summed E-state index contributed by atoms with van der Waals surface area (Å²) in [6.07, 6.45) is 2.61. The average Bonchev–Trinajstić information content (AvgIpc) is 2.17. The van der Waals surface area contributed by atoms with Gasteiger partial charge in [-0.25, -0.2) is 0 Å². The van der Waals surface area contributed by atoms with Crippen LogP contribution >= 0.6 is 0 Å². The highest BCUT2D eigenvalue weighted by Gasteiger charge is 2.20. The molecule has 0 spiro atoms. The Bertz CT molecular complexity index is 231. The van der Waals surface area contributed by atoms with E-state index < -0.39 is 5.60 Å². The first-order valence-electron chi connectivity index (χ1n) is 5.20. The monoisotopic (exact) mass is 212 g/mol. The maximum Gasteiger partial charge on any atom is 0.222 e. The molecule has 0 radical (unpaired) electrons. The van der Waals surface area contributed by atoms with Gasteiger partial charge >= 0.3 is 0 Å². The molecule has 0 saturated heterocycles. The highest BCUT2D eigenvalue weighted by molar-refractivity contribution is 5.76. The first kappa shape index (κ1) is 13.9. The Labute approximate surface area is 91.6 Å². The lowest BCUT2D eigenvalue weighted by atomic mass is 10.0. The summed E-state index contributed by atoms with van der Waals surface area (Å²) >= 11 is 0. The van der Waals surface area contributed by atoms with Crippen molar-refractivity contribution >= 4 is 5.91 Å². The van der Waals surface area contributed by atoms with Crippen LogP contribution in [-0.4, -0.2) is 25.2 Å². The number of nitrogens with zero attached hydrogens (tertiary/aromatic N) is 1. The van der Waals surface area contributed by atoms with Gasteiger partial charge in [0.2, 0.25) is 5.91 Å². The molecular weight excluding hydrogens is 192 g/mol. The van der Waals surface area contributed by atoms with Gasteiger partial charge in [-0.2, -0.15) is 5.26 Å². The van der Waals surface area contributed by atoms with E-state index in [9.17, 15) is 4.79 Å². The van der Waals surface area contributed by atoms with Crippen LogP contribution in [0.15, 0.2) is 0 Å². The summed E-state index contributed by atoms with van der Waals surface area (Å²) in [6, 6.07) is 2.07. The van der Waals surface area contributed by atoms with Crippen LogP contribution in [0, 0.1) is 11.3 Å². The Hall–Kier alpha value is -1.08. The second kappa shape index (κ2) is 7.24. The third-order valence-electron chi connectivity index (χ3n) is 2.18. The van der Waals surface area contributed by atoms with E-state index in [1.54, 1.807) is 7.11 Å². The third kappa shape index (κ3) is 7.95. The van der Waals surface area contributed by atoms with Gasteiger partial charge in [0.05, 0.1) is 18.1 Å². The molecule has 15 heavy (non-hydrogen) atoms. The van der Waals surface area contributed by atoms with Gasteiger partial charge in [0.1, 0.15) is 0 Å². The van der Waals surface area contributed by atoms with Crippen molar-refractivity contribution in [3.63, 3.8) is 0 Å². The first-order chi connectivity index (χ1) is 7.02. The Kier molecular flexibility index (Phi) is 6.72. The molecule has 0 aliphatic rings. The molecule has 0 atom stereocenters. The molecule has 0 aliphatic heterocycles. The van der Waals surface area contributed by atoms with Crippen molar-refractivity contribution in [1.82, 2.24) is 5.32 Å². The zero-order chi connectivity index (χ0) is 11.7. The Morgan fingerprint density at radius 3 is 2.67 bits per heavy atom. The molecule has 4 heteroatoms. The number of rotatable bonds is 7. The van der Waals surface area contributed by atoms with E-state index in [-0.39, 0.29) is 5.91 Å². The lowest BCUT2D eigenvalue weighted by Gasteiger charge is -2.21. The topological polar surface area (TPSA) is 62.1 Å². The third-order valence-corrected chi connectivity index (χ3v) is 2.18. The number of methoxy groups -OCH3 is 1. The molecule has 86 valence electrons. The van der Waals surface area contributed by atoms with Crippen LogP contribution in [0.3, 0.4) is 0 Å². The summed E-state index contributed by atoms with van der Waals surface area (Å²) in [5.74, 6) is -0.00110. The molecule has 1 amide bonds. The number of nitriles is 1. The van der Waals surface area contributed by atoms with Gasteiger partial charge in [0, 0.05) is 20.1 Å². The van der Waals surface area contributed by atoms with Crippen LogP contribution in [0.25, 0.3) is 0 Å². The number of hydrogen-bond donors (Lipinski definition) is 1. The van der Waals surface area contributed by atoms with E-state index in [0.29, 0.717) is 19.4 Å². The van der Waals surface area contributed by atoms with Gasteiger partial charge in [0.25, 0.3) is 0 Å². The summed E-state index contributed by atoms with van der Waals surface area (Å²) in [5, 5.41) is 11.1. The highest BCUT2D eigenvalue weighted by atomic mass is 16.5. The molecule has 1 N–H and O–H groups in total. The maximum absolute atomic E-state index is 11.4. The van der Waals surface area contributed by atoms with Crippen LogP contribution in [0.2, 0.25) is 0 Å². The fraction of sp³-hybridized carbons (Fsp3) is 0.818. The van der Waals surface area contributed by atoms with Gasteiger partial charge in [-0.15, -0.1) is 0 Å². The summed E-state index contributed by atoms with van der Waals surface area (Å²) in [5.41, 5.74) is -0.406. The van der Waals surface area contributed by atoms with Crippen LogP contribution < -0.4 is 5.32 Å². The smallest absolute Gasteiger partial charge is 0.222 e. The van der Waals surface area contributed by atoms with Gasteiger partial charge in [0.15, 0.2) is 0 Å². The molecule has 0 heterocycles. The minimum Gasteiger partial charge on any atom is -0.378 e. The van der Waals surface area contributed by atoms with Gasteiger partial charge in [-0.1, -0.05) is 0 Å². The van der Waals surface area contributed by atoms with Crippen molar-refractivity contribution in [2.75, 3.05) is 13.7 Å². The molecule has 0 unspecified atom stereocenters. The van der Waals surface area contributed by atoms with E-state index in [2.05, 4.69) is 11.4 Å². The van der Waals surface area contributed by atoms with E-state index in [1.807, 2.05) is 13.8 Å². The minimum atomic E-state index is -0.406. The lowest BCUT2D eigenvalue weighted by molar-refractivity contribution is -0.126. The highest BCUT2D eigenvalue weighted by Crippen LogP contribution is 2.12. The quantitative estimate of drug-likeness (QED) is 0.652. The zero-order valence-corrected chi connectivity index (χ0v) is 9.80. The van der Waals surface area contributed by atoms with Gasteiger partial charge < -0.3 is 10.1 Å². The summed E-state index contributed by atoms with van der Waals surface area (Å²) in [7, 11) is 1.60. The first-order valence-corrected chi connectivity index (χ1v) is 5.20. The van der Waals surface area contributed by atoms with Crippen LogP contribution in [0.4, 0.5) is 0 Å². The number of carbonyl (C=O) groups is 1. The molecule has 4 nitrogen and oxygen atoms in total. The van der Waals surface area contributed by atoms with Gasteiger partial charge in [-0.3, -0.25) is 4.79 Å². The number of amides is 1. The predicted octanol–water partition coefficient (Wildman–Crippen LogP) is 1.61. The number of hydrogen-bond acceptors (Lipinski definition) is 3. The molecular formula is C11H20N2O2. The fourth-order valence-electron chi connectivity index (χ4n) is 1.08. The van der Waals surface area contributed by atoms with Crippen LogP contribution in [-0.2, 0) is 9.53 Å². The molecule has 0 fully saturated rings. The van der Waals surface area contributed by atoms with E-state index in [4.69, 9.17) is 10.00 Å². The second-order valence-corrected chi connectivity index (χ2v) is 4.11. The molecule has 0 aromatic heterocycles. The summed E-state index contributed by atoms with van der Waals surface area (Å²) < 4.78 is 5.15. The maximum atomic E-state index is 11.4. The Balaban J connectivity index is 3.55. The molecule has 0 aromatic rings. The van der Waals surface area contributed by atoms with Crippen LogP contribution in [0.5, 0.6) is 0 Å². The van der Waals surface area contributed by atoms with Crippen molar-refractivity contribution in [2.24, 2.45) is 0 Å². The Morgan fingerprint density at radius 1 is 1.47 bits per heavy atom. The fourth-order valence-corrected chi connectivity index (χ4v) is 1.08. The predicted molar refractivity (Wildman–Crippen MR) is 58.2 cm³/mol. The van der Waals surface area contributed by atoms with Crippen molar-refractivity contribution in [3.8, 4) is 6.07 Å². The number of ether oxygens (including phenoxy) is 1. The van der Waals surface area contributed by atoms with Crippen molar-refractivity contribution in [3.05, 3.63) is 0 Å². The Morgan fingerprint density at radius 2 is 2.13 bits per heavy atom. The molecule has 0 bridgehead atoms. The van der Waals surface area contributed by atoms with Crippen molar-refractivity contribution < 1.29 is 9.53 Å². The largest absolute Gasteiger partial charge is 0.378 e. The standard InChI is InChI=1S/C11H20N2O2/c1-11(2,15-3)9-10(14)13-8-6-4-5-7-12/h4-6,8-9H2,1-3H3,(H,13,14). The second-order valence-electron chi connectivity index (χ2n) is 4.11. The van der Waals surface area contributed by atoms with Crippen molar-refractivity contribution in [2.45, 2.75) is 45.1 Å². The molecule has 0 aromatic carbocycles. The molecule has 0 aliphatic carbocycles. The number of carbonyl (C=O) groups excluding carboxylic acids is 1. The summed E-state index contributed by atoms with van der Waals surface area (Å²) in [4.78, 5) is 11.4. The molecule has 0 rings (SSSR count). The zero-order valence-electron chi connectivity index (χ0n) is 9.80. The van der Waals surface area contributed by atoms with E-state index in [1.165, 1.54) is 0 Å². The number of nitrogens with one attached hydrogen (secondary N) is 1. The van der Waals surface area contributed by atoms with Crippen molar-refractivity contribution in [1.29, 1.82) is 5.26 Å².